The molecule has 0 bridgehead atoms. The Morgan fingerprint density at radius 1 is 1.48 bits per heavy atom. The summed E-state index contributed by atoms with van der Waals surface area (Å²) in [6.45, 7) is 5.43. The lowest BCUT2D eigenvalue weighted by Crippen LogP contribution is -2.20. The van der Waals surface area contributed by atoms with E-state index in [9.17, 15) is 0 Å². The first kappa shape index (κ1) is 15.0. The van der Waals surface area contributed by atoms with E-state index < -0.39 is 0 Å². The van der Waals surface area contributed by atoms with Crippen LogP contribution in [0.5, 0.6) is 0 Å². The second-order valence-corrected chi connectivity index (χ2v) is 7.72. The van der Waals surface area contributed by atoms with Gasteiger partial charge in [-0.15, -0.1) is 22.7 Å². The van der Waals surface area contributed by atoms with Gasteiger partial charge in [-0.25, -0.2) is 4.98 Å². The van der Waals surface area contributed by atoms with E-state index in [0.29, 0.717) is 6.04 Å². The molecule has 114 valence electrons. The van der Waals surface area contributed by atoms with E-state index in [1.165, 1.54) is 28.3 Å². The first-order valence-corrected chi connectivity index (χ1v) is 9.36. The number of anilines is 1. The minimum atomic E-state index is 0.380. The molecule has 0 aromatic carbocycles. The number of nitrogens with one attached hydrogen (secondary N) is 1. The molecular weight excluding hydrogens is 298 g/mol. The molecule has 0 amide bonds. The second-order valence-electron chi connectivity index (χ2n) is 5.68. The zero-order valence-corrected chi connectivity index (χ0v) is 14.6. The number of rotatable bonds is 7. The molecule has 2 aromatic heterocycles. The van der Waals surface area contributed by atoms with E-state index in [1.807, 2.05) is 22.7 Å². The van der Waals surface area contributed by atoms with Crippen molar-refractivity contribution >= 4 is 27.8 Å². The first-order chi connectivity index (χ1) is 10.2. The molecule has 5 heteroatoms. The Morgan fingerprint density at radius 3 is 2.90 bits per heavy atom. The molecule has 1 aliphatic carbocycles. The third-order valence-corrected chi connectivity index (χ3v) is 6.30. The summed E-state index contributed by atoms with van der Waals surface area (Å²) >= 11 is 3.66. The summed E-state index contributed by atoms with van der Waals surface area (Å²) in [4.78, 5) is 9.97. The van der Waals surface area contributed by atoms with Crippen molar-refractivity contribution in [3.63, 3.8) is 0 Å². The standard InChI is InChI=1S/C16H23N3S2/c1-4-13-15(10-17-12-7-8-12)21-16(18-13)19(3)11(2)14-6-5-9-20-14/h5-6,9,11-12,17H,4,7-8,10H2,1-3H3. The highest BCUT2D eigenvalue weighted by Crippen LogP contribution is 2.33. The first-order valence-electron chi connectivity index (χ1n) is 7.67. The Hall–Kier alpha value is -0.910. The molecule has 0 spiro atoms. The fourth-order valence-corrected chi connectivity index (χ4v) is 4.31. The lowest BCUT2D eigenvalue weighted by Gasteiger charge is -2.23. The van der Waals surface area contributed by atoms with Gasteiger partial charge in [0.2, 0.25) is 0 Å². The van der Waals surface area contributed by atoms with Crippen molar-refractivity contribution in [1.82, 2.24) is 10.3 Å². The maximum Gasteiger partial charge on any atom is 0.186 e. The summed E-state index contributed by atoms with van der Waals surface area (Å²) in [6, 6.07) is 5.46. The van der Waals surface area contributed by atoms with Crippen molar-refractivity contribution in [3.05, 3.63) is 33.0 Å². The summed E-state index contributed by atoms with van der Waals surface area (Å²) in [5, 5.41) is 6.89. The normalized spacial score (nSPS) is 16.1. The molecule has 1 aliphatic rings. The molecule has 2 aromatic rings. The van der Waals surface area contributed by atoms with Crippen LogP contribution in [0.2, 0.25) is 0 Å². The summed E-state index contributed by atoms with van der Waals surface area (Å²) in [6.07, 6.45) is 3.68. The van der Waals surface area contributed by atoms with Crippen molar-refractivity contribution < 1.29 is 0 Å². The lowest BCUT2D eigenvalue weighted by molar-refractivity contribution is 0.689. The SMILES string of the molecule is CCc1nc(N(C)C(C)c2cccs2)sc1CNC1CC1. The van der Waals surface area contributed by atoms with Crippen LogP contribution in [-0.2, 0) is 13.0 Å². The van der Waals surface area contributed by atoms with Gasteiger partial charge in [0, 0.05) is 29.4 Å². The van der Waals surface area contributed by atoms with Crippen LogP contribution in [0.1, 0.15) is 48.2 Å². The molecule has 0 radical (unpaired) electrons. The van der Waals surface area contributed by atoms with Gasteiger partial charge < -0.3 is 10.2 Å². The largest absolute Gasteiger partial charge is 0.344 e. The number of thiophene rings is 1. The van der Waals surface area contributed by atoms with Crippen LogP contribution >= 0.6 is 22.7 Å². The van der Waals surface area contributed by atoms with Crippen LogP contribution in [0.15, 0.2) is 17.5 Å². The summed E-state index contributed by atoms with van der Waals surface area (Å²) in [5.74, 6) is 0. The molecule has 21 heavy (non-hydrogen) atoms. The summed E-state index contributed by atoms with van der Waals surface area (Å²) in [5.41, 5.74) is 1.26. The van der Waals surface area contributed by atoms with E-state index >= 15 is 0 Å². The molecule has 3 rings (SSSR count). The van der Waals surface area contributed by atoms with Crippen LogP contribution < -0.4 is 10.2 Å². The molecule has 0 saturated heterocycles. The number of nitrogens with zero attached hydrogens (tertiary/aromatic N) is 2. The lowest BCUT2D eigenvalue weighted by atomic mass is 10.2. The van der Waals surface area contributed by atoms with Gasteiger partial charge in [0.15, 0.2) is 5.13 Å². The molecule has 0 aliphatic heterocycles. The Morgan fingerprint density at radius 2 is 2.29 bits per heavy atom. The van der Waals surface area contributed by atoms with E-state index in [0.717, 1.165) is 24.1 Å². The van der Waals surface area contributed by atoms with Gasteiger partial charge in [0.1, 0.15) is 0 Å². The van der Waals surface area contributed by atoms with Gasteiger partial charge in [-0.3, -0.25) is 0 Å². The zero-order valence-electron chi connectivity index (χ0n) is 12.9. The van der Waals surface area contributed by atoms with Crippen molar-refractivity contribution in [2.24, 2.45) is 0 Å². The van der Waals surface area contributed by atoms with E-state index in [2.05, 4.69) is 48.6 Å². The Labute approximate surface area is 135 Å². The van der Waals surface area contributed by atoms with Crippen LogP contribution in [0.3, 0.4) is 0 Å². The highest BCUT2D eigenvalue weighted by Gasteiger charge is 2.22. The van der Waals surface area contributed by atoms with Gasteiger partial charge in [-0.2, -0.15) is 0 Å². The highest BCUT2D eigenvalue weighted by atomic mass is 32.1. The Balaban J connectivity index is 1.74. The van der Waals surface area contributed by atoms with Gasteiger partial charge in [-0.05, 0) is 37.6 Å². The topological polar surface area (TPSA) is 28.2 Å². The molecule has 1 unspecified atom stereocenters. The number of aryl methyl sites for hydroxylation is 1. The zero-order chi connectivity index (χ0) is 14.8. The summed E-state index contributed by atoms with van der Waals surface area (Å²) in [7, 11) is 2.15. The number of thiazole rings is 1. The molecular formula is C16H23N3S2. The third kappa shape index (κ3) is 3.47. The maximum absolute atomic E-state index is 4.87. The fourth-order valence-electron chi connectivity index (χ4n) is 2.34. The minimum Gasteiger partial charge on any atom is -0.344 e. The molecule has 2 heterocycles. The number of hydrogen-bond acceptors (Lipinski definition) is 5. The van der Waals surface area contributed by atoms with Crippen LogP contribution in [-0.4, -0.2) is 18.1 Å². The van der Waals surface area contributed by atoms with Gasteiger partial charge in [0.25, 0.3) is 0 Å². The van der Waals surface area contributed by atoms with Crippen molar-refractivity contribution in [1.29, 1.82) is 0 Å². The highest BCUT2D eigenvalue weighted by molar-refractivity contribution is 7.15. The quantitative estimate of drug-likeness (QED) is 0.828. The van der Waals surface area contributed by atoms with Crippen molar-refractivity contribution in [2.75, 3.05) is 11.9 Å². The van der Waals surface area contributed by atoms with Crippen LogP contribution in [0, 0.1) is 0 Å². The van der Waals surface area contributed by atoms with Crippen molar-refractivity contribution in [3.8, 4) is 0 Å². The van der Waals surface area contributed by atoms with E-state index in [4.69, 9.17) is 4.98 Å². The van der Waals surface area contributed by atoms with E-state index in [-0.39, 0.29) is 0 Å². The Kier molecular flexibility index (Phi) is 4.62. The van der Waals surface area contributed by atoms with Crippen molar-refractivity contribution in [2.45, 2.75) is 51.7 Å². The molecule has 1 N–H and O–H groups in total. The predicted octanol–water partition coefficient (Wildman–Crippen LogP) is 4.22. The average molecular weight is 322 g/mol. The van der Waals surface area contributed by atoms with Gasteiger partial charge >= 0.3 is 0 Å². The second kappa shape index (κ2) is 6.46. The number of hydrogen-bond donors (Lipinski definition) is 1. The van der Waals surface area contributed by atoms with Gasteiger partial charge in [0.05, 0.1) is 11.7 Å². The monoisotopic (exact) mass is 321 g/mol. The molecule has 3 nitrogen and oxygen atoms in total. The molecule has 1 fully saturated rings. The number of aromatic nitrogens is 1. The van der Waals surface area contributed by atoms with Crippen LogP contribution in [0.4, 0.5) is 5.13 Å². The van der Waals surface area contributed by atoms with Gasteiger partial charge in [-0.1, -0.05) is 13.0 Å². The minimum absolute atomic E-state index is 0.380. The van der Waals surface area contributed by atoms with Crippen LogP contribution in [0.25, 0.3) is 0 Å². The Bertz CT molecular complexity index is 572. The summed E-state index contributed by atoms with van der Waals surface area (Å²) < 4.78 is 0. The maximum atomic E-state index is 4.87. The smallest absolute Gasteiger partial charge is 0.186 e. The molecule has 1 saturated carbocycles. The molecule has 1 atom stereocenters. The van der Waals surface area contributed by atoms with E-state index in [1.54, 1.807) is 0 Å². The fraction of sp³-hybridized carbons (Fsp3) is 0.562. The average Bonchev–Trinajstić information content (AvgIpc) is 3.03. The third-order valence-electron chi connectivity index (χ3n) is 4.07. The predicted molar refractivity (Wildman–Crippen MR) is 92.5 cm³/mol.